The largest absolute Gasteiger partial charge is 0.350 e. The maximum atomic E-state index is 12.2. The fourth-order valence-electron chi connectivity index (χ4n) is 2.78. The lowest BCUT2D eigenvalue weighted by Crippen LogP contribution is -2.38. The number of likely N-dealkylation sites (tertiary alicyclic amines) is 1. The van der Waals surface area contributed by atoms with Crippen molar-refractivity contribution in [1.82, 2.24) is 15.5 Å². The Morgan fingerprint density at radius 1 is 1.33 bits per heavy atom. The van der Waals surface area contributed by atoms with Gasteiger partial charge in [-0.3, -0.25) is 9.69 Å². The second kappa shape index (κ2) is 8.15. The molecule has 1 saturated heterocycles. The standard InChI is InChI=1S/C17H27N3O/c1-3-18-14(2)12-19-17(21)16-8-6-7-15(11-16)13-20-9-4-5-10-20/h6-8,11,14,18H,3-5,9-10,12-13H2,1-2H3,(H,19,21)/t14-/m1/s1. The predicted octanol–water partition coefficient (Wildman–Crippen LogP) is 2.01. The van der Waals surface area contributed by atoms with E-state index in [0.29, 0.717) is 12.6 Å². The van der Waals surface area contributed by atoms with E-state index in [9.17, 15) is 4.79 Å². The molecule has 0 bridgehead atoms. The minimum absolute atomic E-state index is 0.0167. The van der Waals surface area contributed by atoms with Crippen molar-refractivity contribution in [1.29, 1.82) is 0 Å². The van der Waals surface area contributed by atoms with E-state index in [1.807, 2.05) is 18.2 Å². The summed E-state index contributed by atoms with van der Waals surface area (Å²) in [5.74, 6) is 0.0167. The summed E-state index contributed by atoms with van der Waals surface area (Å²) in [4.78, 5) is 14.6. The van der Waals surface area contributed by atoms with Gasteiger partial charge in [0.1, 0.15) is 0 Å². The average molecular weight is 289 g/mol. The van der Waals surface area contributed by atoms with E-state index in [0.717, 1.165) is 18.7 Å². The molecule has 1 atom stereocenters. The number of likely N-dealkylation sites (N-methyl/N-ethyl adjacent to an activating group) is 1. The maximum absolute atomic E-state index is 12.2. The molecule has 0 radical (unpaired) electrons. The number of nitrogens with zero attached hydrogens (tertiary/aromatic N) is 1. The summed E-state index contributed by atoms with van der Waals surface area (Å²) in [5.41, 5.74) is 1.99. The zero-order chi connectivity index (χ0) is 15.1. The Morgan fingerprint density at radius 2 is 2.10 bits per heavy atom. The van der Waals surface area contributed by atoms with Crippen molar-refractivity contribution in [2.24, 2.45) is 0 Å². The van der Waals surface area contributed by atoms with Crippen LogP contribution in [0, 0.1) is 0 Å². The van der Waals surface area contributed by atoms with Crippen LogP contribution in [0.2, 0.25) is 0 Å². The zero-order valence-corrected chi connectivity index (χ0v) is 13.2. The van der Waals surface area contributed by atoms with Gasteiger partial charge >= 0.3 is 0 Å². The van der Waals surface area contributed by atoms with Gasteiger partial charge in [0.25, 0.3) is 5.91 Å². The molecule has 0 aromatic heterocycles. The van der Waals surface area contributed by atoms with Crippen LogP contribution in [0.25, 0.3) is 0 Å². The van der Waals surface area contributed by atoms with Crippen LogP contribution < -0.4 is 10.6 Å². The lowest BCUT2D eigenvalue weighted by Gasteiger charge is -2.16. The Kier molecular flexibility index (Phi) is 6.21. The van der Waals surface area contributed by atoms with Crippen LogP contribution in [-0.2, 0) is 6.54 Å². The van der Waals surface area contributed by atoms with Crippen LogP contribution in [0.3, 0.4) is 0 Å². The highest BCUT2D eigenvalue weighted by Crippen LogP contribution is 2.13. The Bertz CT molecular complexity index is 455. The van der Waals surface area contributed by atoms with Crippen LogP contribution in [-0.4, -0.2) is 43.0 Å². The molecule has 4 heteroatoms. The van der Waals surface area contributed by atoms with Crippen molar-refractivity contribution in [3.05, 3.63) is 35.4 Å². The van der Waals surface area contributed by atoms with Gasteiger partial charge in [-0.05, 0) is 57.1 Å². The van der Waals surface area contributed by atoms with Crippen molar-refractivity contribution in [3.8, 4) is 0 Å². The first-order valence-electron chi connectivity index (χ1n) is 8.02. The highest BCUT2D eigenvalue weighted by atomic mass is 16.1. The summed E-state index contributed by atoms with van der Waals surface area (Å²) in [7, 11) is 0. The first kappa shape index (κ1) is 16.0. The molecule has 0 aliphatic carbocycles. The molecule has 1 heterocycles. The lowest BCUT2D eigenvalue weighted by molar-refractivity contribution is 0.0950. The van der Waals surface area contributed by atoms with Gasteiger partial charge in [-0.15, -0.1) is 0 Å². The summed E-state index contributed by atoms with van der Waals surface area (Å²) in [5, 5.41) is 6.28. The van der Waals surface area contributed by atoms with Crippen LogP contribution in [0.1, 0.15) is 42.6 Å². The molecule has 4 nitrogen and oxygen atoms in total. The highest BCUT2D eigenvalue weighted by Gasteiger charge is 2.13. The smallest absolute Gasteiger partial charge is 0.251 e. The number of rotatable bonds is 7. The molecule has 2 rings (SSSR count). The second-order valence-electron chi connectivity index (χ2n) is 5.85. The van der Waals surface area contributed by atoms with Gasteiger partial charge in [-0.1, -0.05) is 19.1 Å². The Hall–Kier alpha value is -1.39. The van der Waals surface area contributed by atoms with E-state index in [1.165, 1.54) is 31.5 Å². The second-order valence-corrected chi connectivity index (χ2v) is 5.85. The maximum Gasteiger partial charge on any atom is 0.251 e. The number of benzene rings is 1. The summed E-state index contributed by atoms with van der Waals surface area (Å²) < 4.78 is 0. The highest BCUT2D eigenvalue weighted by molar-refractivity contribution is 5.94. The van der Waals surface area contributed by atoms with Crippen LogP contribution in [0.5, 0.6) is 0 Å². The fourth-order valence-corrected chi connectivity index (χ4v) is 2.78. The molecule has 1 aromatic rings. The monoisotopic (exact) mass is 289 g/mol. The number of hydrogen-bond donors (Lipinski definition) is 2. The first-order chi connectivity index (χ1) is 10.2. The quantitative estimate of drug-likeness (QED) is 0.807. The molecule has 1 aliphatic heterocycles. The Morgan fingerprint density at radius 3 is 2.81 bits per heavy atom. The van der Waals surface area contributed by atoms with Gasteiger partial charge in [0.2, 0.25) is 0 Å². The fraction of sp³-hybridized carbons (Fsp3) is 0.588. The molecular formula is C17H27N3O. The molecule has 0 spiro atoms. The average Bonchev–Trinajstić information content (AvgIpc) is 2.98. The third kappa shape index (κ3) is 5.14. The van der Waals surface area contributed by atoms with E-state index < -0.39 is 0 Å². The summed E-state index contributed by atoms with van der Waals surface area (Å²) >= 11 is 0. The van der Waals surface area contributed by atoms with Gasteiger partial charge in [0.15, 0.2) is 0 Å². The van der Waals surface area contributed by atoms with Crippen molar-refractivity contribution in [3.63, 3.8) is 0 Å². The minimum Gasteiger partial charge on any atom is -0.350 e. The van der Waals surface area contributed by atoms with Crippen molar-refractivity contribution in [2.75, 3.05) is 26.2 Å². The predicted molar refractivity (Wildman–Crippen MR) is 86.4 cm³/mol. The summed E-state index contributed by atoms with van der Waals surface area (Å²) in [6.45, 7) is 9.03. The molecule has 116 valence electrons. The van der Waals surface area contributed by atoms with Crippen LogP contribution >= 0.6 is 0 Å². The first-order valence-corrected chi connectivity index (χ1v) is 8.02. The number of carbonyl (C=O) groups excluding carboxylic acids is 1. The SMILES string of the molecule is CCN[C@H](C)CNC(=O)c1cccc(CN2CCCC2)c1. The van der Waals surface area contributed by atoms with Gasteiger partial charge in [0.05, 0.1) is 0 Å². The number of amides is 1. The minimum atomic E-state index is 0.0167. The van der Waals surface area contributed by atoms with Gasteiger partial charge in [0, 0.05) is 24.7 Å². The molecule has 21 heavy (non-hydrogen) atoms. The van der Waals surface area contributed by atoms with E-state index >= 15 is 0 Å². The molecule has 0 saturated carbocycles. The van der Waals surface area contributed by atoms with E-state index in [-0.39, 0.29) is 5.91 Å². The van der Waals surface area contributed by atoms with Crippen molar-refractivity contribution >= 4 is 5.91 Å². The van der Waals surface area contributed by atoms with E-state index in [4.69, 9.17) is 0 Å². The van der Waals surface area contributed by atoms with Crippen molar-refractivity contribution in [2.45, 2.75) is 39.3 Å². The molecule has 2 N–H and O–H groups in total. The lowest BCUT2D eigenvalue weighted by atomic mass is 10.1. The Labute approximate surface area is 127 Å². The molecule has 1 aromatic carbocycles. The summed E-state index contributed by atoms with van der Waals surface area (Å²) in [6.07, 6.45) is 2.59. The third-order valence-electron chi connectivity index (χ3n) is 3.92. The number of nitrogens with one attached hydrogen (secondary N) is 2. The van der Waals surface area contributed by atoms with E-state index in [1.54, 1.807) is 0 Å². The van der Waals surface area contributed by atoms with E-state index in [2.05, 4.69) is 35.4 Å². The number of carbonyl (C=O) groups is 1. The summed E-state index contributed by atoms with van der Waals surface area (Å²) in [6, 6.07) is 8.29. The zero-order valence-electron chi connectivity index (χ0n) is 13.2. The molecule has 1 aliphatic rings. The van der Waals surface area contributed by atoms with Gasteiger partial charge in [-0.25, -0.2) is 0 Å². The molecular weight excluding hydrogens is 262 g/mol. The normalized spacial score (nSPS) is 16.9. The number of hydrogen-bond acceptors (Lipinski definition) is 3. The van der Waals surface area contributed by atoms with Crippen molar-refractivity contribution < 1.29 is 4.79 Å². The third-order valence-corrected chi connectivity index (χ3v) is 3.92. The Balaban J connectivity index is 1.88. The van der Waals surface area contributed by atoms with Crippen LogP contribution in [0.4, 0.5) is 0 Å². The molecule has 1 fully saturated rings. The van der Waals surface area contributed by atoms with Crippen LogP contribution in [0.15, 0.2) is 24.3 Å². The van der Waals surface area contributed by atoms with Gasteiger partial charge in [-0.2, -0.15) is 0 Å². The molecule has 0 unspecified atom stereocenters. The molecule has 1 amide bonds. The topological polar surface area (TPSA) is 44.4 Å². The van der Waals surface area contributed by atoms with Gasteiger partial charge < -0.3 is 10.6 Å².